The molecule has 0 radical (unpaired) electrons. The number of rotatable bonds is 3. The lowest BCUT2D eigenvalue weighted by atomic mass is 10.0. The molecule has 4 heteroatoms. The maximum atomic E-state index is 8.83. The van der Waals surface area contributed by atoms with E-state index in [1.807, 2.05) is 0 Å². The van der Waals surface area contributed by atoms with Gasteiger partial charge >= 0.3 is 0 Å². The van der Waals surface area contributed by atoms with Crippen LogP contribution in [0.3, 0.4) is 0 Å². The van der Waals surface area contributed by atoms with Crippen LogP contribution in [0.4, 0.5) is 0 Å². The van der Waals surface area contributed by atoms with E-state index >= 15 is 0 Å². The van der Waals surface area contributed by atoms with Gasteiger partial charge in [0.1, 0.15) is 5.54 Å². The van der Waals surface area contributed by atoms with Crippen LogP contribution in [-0.2, 0) is 0 Å². The summed E-state index contributed by atoms with van der Waals surface area (Å²) in [6.07, 6.45) is 0.748. The Morgan fingerprint density at radius 2 is 2.20 bits per heavy atom. The minimum absolute atomic E-state index is 0.568. The molecule has 0 spiro atoms. The van der Waals surface area contributed by atoms with Crippen molar-refractivity contribution in [1.82, 2.24) is 9.80 Å². The fourth-order valence-electron chi connectivity index (χ4n) is 1.94. The Labute approximate surface area is 92.6 Å². The second-order valence-electron chi connectivity index (χ2n) is 4.93. The third-order valence-corrected chi connectivity index (χ3v) is 3.14. The van der Waals surface area contributed by atoms with Crippen molar-refractivity contribution in [2.24, 2.45) is 5.73 Å². The summed E-state index contributed by atoms with van der Waals surface area (Å²) in [4.78, 5) is 4.76. The Morgan fingerprint density at radius 1 is 1.53 bits per heavy atom. The molecule has 0 aromatic heterocycles. The van der Waals surface area contributed by atoms with Crippen molar-refractivity contribution in [3.05, 3.63) is 0 Å². The Hall–Kier alpha value is -0.630. The number of nitriles is 1. The van der Waals surface area contributed by atoms with E-state index in [9.17, 15) is 0 Å². The molecule has 2 atom stereocenters. The van der Waals surface area contributed by atoms with E-state index in [0.29, 0.717) is 6.04 Å². The first-order chi connectivity index (χ1) is 6.94. The molecular weight excluding hydrogens is 188 g/mol. The molecule has 1 rings (SSSR count). The van der Waals surface area contributed by atoms with Crippen LogP contribution in [0, 0.1) is 11.3 Å². The van der Waals surface area contributed by atoms with Crippen molar-refractivity contribution in [1.29, 1.82) is 5.26 Å². The maximum Gasteiger partial charge on any atom is 0.102 e. The Kier molecular flexibility index (Phi) is 4.09. The number of nitrogens with zero attached hydrogens (tertiary/aromatic N) is 3. The molecule has 0 saturated carbocycles. The highest BCUT2D eigenvalue weighted by molar-refractivity contribution is 5.01. The second-order valence-corrected chi connectivity index (χ2v) is 4.93. The van der Waals surface area contributed by atoms with Crippen molar-refractivity contribution in [3.8, 4) is 6.07 Å². The van der Waals surface area contributed by atoms with Crippen LogP contribution in [0.15, 0.2) is 0 Å². The van der Waals surface area contributed by atoms with Gasteiger partial charge in [0, 0.05) is 32.2 Å². The third kappa shape index (κ3) is 3.78. The van der Waals surface area contributed by atoms with Crippen molar-refractivity contribution in [2.75, 3.05) is 33.2 Å². The van der Waals surface area contributed by atoms with Crippen LogP contribution in [-0.4, -0.2) is 54.6 Å². The summed E-state index contributed by atoms with van der Waals surface area (Å²) in [5.74, 6) is 0. The number of nitrogens with two attached hydrogens (primary N) is 1. The molecule has 0 amide bonds. The quantitative estimate of drug-likeness (QED) is 0.725. The fraction of sp³-hybridized carbons (Fsp3) is 0.909. The van der Waals surface area contributed by atoms with Crippen molar-refractivity contribution >= 4 is 0 Å². The van der Waals surface area contributed by atoms with Crippen LogP contribution < -0.4 is 5.73 Å². The smallest absolute Gasteiger partial charge is 0.102 e. The van der Waals surface area contributed by atoms with Gasteiger partial charge in [-0.15, -0.1) is 0 Å². The lowest BCUT2D eigenvalue weighted by Gasteiger charge is -2.38. The Bertz CT molecular complexity index is 243. The van der Waals surface area contributed by atoms with Gasteiger partial charge in [0.15, 0.2) is 0 Å². The Morgan fingerprint density at radius 3 is 2.73 bits per heavy atom. The van der Waals surface area contributed by atoms with Crippen LogP contribution in [0.25, 0.3) is 0 Å². The molecule has 1 heterocycles. The van der Waals surface area contributed by atoms with E-state index in [0.717, 1.165) is 32.6 Å². The summed E-state index contributed by atoms with van der Waals surface area (Å²) >= 11 is 0. The SMILES string of the molecule is CC1CN(C)CCN1CCC(C)(N)C#N. The summed E-state index contributed by atoms with van der Waals surface area (Å²) in [7, 11) is 2.15. The second kappa shape index (κ2) is 4.93. The van der Waals surface area contributed by atoms with E-state index < -0.39 is 5.54 Å². The summed E-state index contributed by atoms with van der Waals surface area (Å²) < 4.78 is 0. The van der Waals surface area contributed by atoms with E-state index in [2.05, 4.69) is 29.8 Å². The molecule has 1 fully saturated rings. The van der Waals surface area contributed by atoms with E-state index in [-0.39, 0.29) is 0 Å². The number of piperazine rings is 1. The Balaban J connectivity index is 2.37. The van der Waals surface area contributed by atoms with Crippen LogP contribution >= 0.6 is 0 Å². The molecular formula is C11H22N4. The predicted molar refractivity (Wildman–Crippen MR) is 61.4 cm³/mol. The minimum Gasteiger partial charge on any atom is -0.314 e. The van der Waals surface area contributed by atoms with Gasteiger partial charge < -0.3 is 10.6 Å². The molecule has 0 bridgehead atoms. The van der Waals surface area contributed by atoms with Gasteiger partial charge in [-0.05, 0) is 27.3 Å². The molecule has 86 valence electrons. The monoisotopic (exact) mass is 210 g/mol. The first kappa shape index (κ1) is 12.4. The lowest BCUT2D eigenvalue weighted by molar-refractivity contribution is 0.0956. The minimum atomic E-state index is -0.678. The van der Waals surface area contributed by atoms with Gasteiger partial charge in [0.2, 0.25) is 0 Å². The van der Waals surface area contributed by atoms with E-state index in [4.69, 9.17) is 11.0 Å². The van der Waals surface area contributed by atoms with Gasteiger partial charge in [-0.1, -0.05) is 0 Å². The maximum absolute atomic E-state index is 8.83. The summed E-state index contributed by atoms with van der Waals surface area (Å²) in [5.41, 5.74) is 5.13. The molecule has 1 aliphatic rings. The highest BCUT2D eigenvalue weighted by Gasteiger charge is 2.24. The van der Waals surface area contributed by atoms with Gasteiger partial charge in [-0.2, -0.15) is 5.26 Å². The van der Waals surface area contributed by atoms with E-state index in [1.165, 1.54) is 0 Å². The van der Waals surface area contributed by atoms with Crippen LogP contribution in [0.1, 0.15) is 20.3 Å². The molecule has 2 unspecified atom stereocenters. The summed E-state index contributed by atoms with van der Waals surface area (Å²) in [5, 5.41) is 8.83. The van der Waals surface area contributed by atoms with Gasteiger partial charge in [-0.25, -0.2) is 0 Å². The summed E-state index contributed by atoms with van der Waals surface area (Å²) in [6.45, 7) is 8.25. The van der Waals surface area contributed by atoms with Crippen molar-refractivity contribution in [2.45, 2.75) is 31.8 Å². The first-order valence-electron chi connectivity index (χ1n) is 5.57. The molecule has 0 aliphatic carbocycles. The zero-order valence-electron chi connectivity index (χ0n) is 10.0. The lowest BCUT2D eigenvalue weighted by Crippen LogP contribution is -2.52. The van der Waals surface area contributed by atoms with Crippen LogP contribution in [0.2, 0.25) is 0 Å². The third-order valence-electron chi connectivity index (χ3n) is 3.14. The standard InChI is InChI=1S/C11H22N4/c1-10-8-14(3)6-7-15(10)5-4-11(2,13)9-12/h10H,4-8,13H2,1-3H3. The molecule has 1 aliphatic heterocycles. The topological polar surface area (TPSA) is 56.3 Å². The predicted octanol–water partition coefficient (Wildman–Crippen LogP) is 0.253. The molecule has 4 nitrogen and oxygen atoms in total. The van der Waals surface area contributed by atoms with Crippen molar-refractivity contribution < 1.29 is 0 Å². The zero-order chi connectivity index (χ0) is 11.5. The summed E-state index contributed by atoms with van der Waals surface area (Å²) in [6, 6.07) is 2.71. The van der Waals surface area contributed by atoms with Crippen molar-refractivity contribution in [3.63, 3.8) is 0 Å². The normalized spacial score (nSPS) is 28.3. The molecule has 0 aromatic rings. The first-order valence-corrected chi connectivity index (χ1v) is 5.57. The highest BCUT2D eigenvalue weighted by atomic mass is 15.3. The van der Waals surface area contributed by atoms with Gasteiger partial charge in [0.25, 0.3) is 0 Å². The van der Waals surface area contributed by atoms with Crippen LogP contribution in [0.5, 0.6) is 0 Å². The fourth-order valence-corrected chi connectivity index (χ4v) is 1.94. The average molecular weight is 210 g/mol. The molecule has 0 aromatic carbocycles. The number of likely N-dealkylation sites (N-methyl/N-ethyl adjacent to an activating group) is 1. The largest absolute Gasteiger partial charge is 0.314 e. The number of hydrogen-bond acceptors (Lipinski definition) is 4. The number of hydrogen-bond donors (Lipinski definition) is 1. The zero-order valence-corrected chi connectivity index (χ0v) is 10.0. The average Bonchev–Trinajstić information content (AvgIpc) is 2.16. The van der Waals surface area contributed by atoms with Gasteiger partial charge in [-0.3, -0.25) is 4.90 Å². The van der Waals surface area contributed by atoms with E-state index in [1.54, 1.807) is 6.92 Å². The van der Waals surface area contributed by atoms with Gasteiger partial charge in [0.05, 0.1) is 6.07 Å². The molecule has 15 heavy (non-hydrogen) atoms. The molecule has 1 saturated heterocycles. The molecule has 2 N–H and O–H groups in total. The highest BCUT2D eigenvalue weighted by Crippen LogP contribution is 2.11.